The SMILES string of the molecule is CCNC(C)c1cnc(-c2ccccc2Br)nc1C. The van der Waals surface area contributed by atoms with E-state index in [-0.39, 0.29) is 6.04 Å². The highest BCUT2D eigenvalue weighted by Crippen LogP contribution is 2.26. The van der Waals surface area contributed by atoms with E-state index in [1.54, 1.807) is 0 Å². The first kappa shape index (κ1) is 14.2. The van der Waals surface area contributed by atoms with Gasteiger partial charge in [-0.1, -0.05) is 41.1 Å². The second-order valence-electron chi connectivity index (χ2n) is 4.49. The third-order valence-corrected chi connectivity index (χ3v) is 3.80. The van der Waals surface area contributed by atoms with Crippen molar-refractivity contribution in [3.05, 3.63) is 46.2 Å². The average molecular weight is 320 g/mol. The van der Waals surface area contributed by atoms with E-state index >= 15 is 0 Å². The maximum Gasteiger partial charge on any atom is 0.160 e. The molecule has 0 spiro atoms. The first-order chi connectivity index (χ1) is 9.13. The van der Waals surface area contributed by atoms with Crippen molar-refractivity contribution >= 4 is 15.9 Å². The molecule has 1 aromatic heterocycles. The third kappa shape index (κ3) is 3.19. The lowest BCUT2D eigenvalue weighted by molar-refractivity contribution is 0.590. The predicted octanol–water partition coefficient (Wildman–Crippen LogP) is 3.89. The van der Waals surface area contributed by atoms with Crippen LogP contribution in [0.1, 0.15) is 31.1 Å². The number of hydrogen-bond acceptors (Lipinski definition) is 3. The number of hydrogen-bond donors (Lipinski definition) is 1. The van der Waals surface area contributed by atoms with Crippen LogP contribution in [0.4, 0.5) is 0 Å². The zero-order valence-electron chi connectivity index (χ0n) is 11.4. The summed E-state index contributed by atoms with van der Waals surface area (Å²) in [6.45, 7) is 7.20. The average Bonchev–Trinajstić information content (AvgIpc) is 2.39. The van der Waals surface area contributed by atoms with Crippen LogP contribution < -0.4 is 5.32 Å². The fourth-order valence-corrected chi connectivity index (χ4v) is 2.55. The number of benzene rings is 1. The second kappa shape index (κ2) is 6.26. The quantitative estimate of drug-likeness (QED) is 0.929. The molecule has 0 bridgehead atoms. The van der Waals surface area contributed by atoms with E-state index in [2.05, 4.69) is 45.1 Å². The smallest absolute Gasteiger partial charge is 0.160 e. The van der Waals surface area contributed by atoms with E-state index in [4.69, 9.17) is 0 Å². The molecule has 1 heterocycles. The molecule has 0 amide bonds. The molecule has 19 heavy (non-hydrogen) atoms. The zero-order chi connectivity index (χ0) is 13.8. The Labute approximate surface area is 122 Å². The number of nitrogens with zero attached hydrogens (tertiary/aromatic N) is 2. The Bertz CT molecular complexity index is 569. The van der Waals surface area contributed by atoms with Gasteiger partial charge in [0.1, 0.15) is 0 Å². The van der Waals surface area contributed by atoms with Crippen LogP contribution in [0.2, 0.25) is 0 Å². The number of aryl methyl sites for hydroxylation is 1. The molecule has 2 rings (SSSR count). The predicted molar refractivity (Wildman–Crippen MR) is 82.0 cm³/mol. The maximum absolute atomic E-state index is 4.63. The van der Waals surface area contributed by atoms with E-state index in [1.807, 2.05) is 37.4 Å². The third-order valence-electron chi connectivity index (χ3n) is 3.11. The molecule has 0 saturated carbocycles. The van der Waals surface area contributed by atoms with Crippen LogP contribution in [0.15, 0.2) is 34.9 Å². The van der Waals surface area contributed by atoms with Crippen molar-refractivity contribution in [2.24, 2.45) is 0 Å². The molecule has 4 heteroatoms. The molecular formula is C15H18BrN3. The molecule has 1 atom stereocenters. The van der Waals surface area contributed by atoms with Crippen LogP contribution >= 0.6 is 15.9 Å². The minimum atomic E-state index is 0.276. The Morgan fingerprint density at radius 1 is 1.32 bits per heavy atom. The van der Waals surface area contributed by atoms with Gasteiger partial charge in [0.15, 0.2) is 5.82 Å². The summed E-state index contributed by atoms with van der Waals surface area (Å²) < 4.78 is 1.02. The van der Waals surface area contributed by atoms with E-state index in [9.17, 15) is 0 Å². The van der Waals surface area contributed by atoms with Gasteiger partial charge in [-0.2, -0.15) is 0 Å². The van der Waals surface area contributed by atoms with Crippen LogP contribution in [0.3, 0.4) is 0 Å². The molecule has 2 aromatic rings. The fourth-order valence-electron chi connectivity index (χ4n) is 2.09. The minimum Gasteiger partial charge on any atom is -0.310 e. The Hall–Kier alpha value is -1.26. The molecule has 0 aliphatic rings. The van der Waals surface area contributed by atoms with Gasteiger partial charge in [0.2, 0.25) is 0 Å². The summed E-state index contributed by atoms with van der Waals surface area (Å²) in [4.78, 5) is 9.12. The topological polar surface area (TPSA) is 37.8 Å². The Balaban J connectivity index is 2.37. The summed E-state index contributed by atoms with van der Waals surface area (Å²) >= 11 is 3.54. The van der Waals surface area contributed by atoms with Crippen molar-refractivity contribution < 1.29 is 0 Å². The van der Waals surface area contributed by atoms with Crippen LogP contribution in [-0.4, -0.2) is 16.5 Å². The first-order valence-electron chi connectivity index (χ1n) is 6.45. The first-order valence-corrected chi connectivity index (χ1v) is 7.24. The van der Waals surface area contributed by atoms with E-state index in [0.717, 1.165) is 33.7 Å². The van der Waals surface area contributed by atoms with E-state index in [0.29, 0.717) is 0 Å². The zero-order valence-corrected chi connectivity index (χ0v) is 13.0. The molecule has 1 N–H and O–H groups in total. The highest BCUT2D eigenvalue weighted by atomic mass is 79.9. The normalized spacial score (nSPS) is 12.4. The Morgan fingerprint density at radius 2 is 2.05 bits per heavy atom. The molecule has 0 fully saturated rings. The van der Waals surface area contributed by atoms with Gasteiger partial charge in [-0.15, -0.1) is 0 Å². The molecule has 100 valence electrons. The van der Waals surface area contributed by atoms with Gasteiger partial charge >= 0.3 is 0 Å². The van der Waals surface area contributed by atoms with Gasteiger partial charge in [0.05, 0.1) is 0 Å². The van der Waals surface area contributed by atoms with Crippen molar-refractivity contribution in [2.75, 3.05) is 6.54 Å². The summed E-state index contributed by atoms with van der Waals surface area (Å²) in [5.74, 6) is 0.762. The Kier molecular flexibility index (Phi) is 4.66. The summed E-state index contributed by atoms with van der Waals surface area (Å²) in [6, 6.07) is 8.28. The van der Waals surface area contributed by atoms with E-state index < -0.39 is 0 Å². The molecule has 0 radical (unpaired) electrons. The molecule has 0 saturated heterocycles. The van der Waals surface area contributed by atoms with Crippen LogP contribution in [0.5, 0.6) is 0 Å². The minimum absolute atomic E-state index is 0.276. The Morgan fingerprint density at radius 3 is 2.68 bits per heavy atom. The lowest BCUT2D eigenvalue weighted by atomic mass is 10.1. The molecule has 0 aliphatic heterocycles. The van der Waals surface area contributed by atoms with Crippen molar-refractivity contribution in [2.45, 2.75) is 26.8 Å². The van der Waals surface area contributed by atoms with Crippen molar-refractivity contribution in [1.82, 2.24) is 15.3 Å². The number of rotatable bonds is 4. The van der Waals surface area contributed by atoms with Gasteiger partial charge in [0.25, 0.3) is 0 Å². The lowest BCUT2D eigenvalue weighted by Gasteiger charge is -2.15. The van der Waals surface area contributed by atoms with Crippen LogP contribution in [-0.2, 0) is 0 Å². The standard InChI is InChI=1S/C15H18BrN3/c1-4-17-10(2)13-9-18-15(19-11(13)3)12-7-5-6-8-14(12)16/h5-10,17H,4H2,1-3H3. The number of nitrogens with one attached hydrogen (secondary N) is 1. The van der Waals surface area contributed by atoms with Gasteiger partial charge in [-0.3, -0.25) is 0 Å². The molecule has 1 aromatic carbocycles. The highest BCUT2D eigenvalue weighted by Gasteiger charge is 2.12. The molecule has 1 unspecified atom stereocenters. The van der Waals surface area contributed by atoms with Crippen LogP contribution in [0, 0.1) is 6.92 Å². The van der Waals surface area contributed by atoms with Gasteiger partial charge < -0.3 is 5.32 Å². The summed E-state index contributed by atoms with van der Waals surface area (Å²) in [5, 5.41) is 3.38. The summed E-state index contributed by atoms with van der Waals surface area (Å²) in [7, 11) is 0. The second-order valence-corrected chi connectivity index (χ2v) is 5.35. The van der Waals surface area contributed by atoms with Crippen molar-refractivity contribution in [3.8, 4) is 11.4 Å². The number of halogens is 1. The molecule has 0 aliphatic carbocycles. The maximum atomic E-state index is 4.63. The van der Waals surface area contributed by atoms with Gasteiger partial charge in [0, 0.05) is 33.5 Å². The van der Waals surface area contributed by atoms with E-state index in [1.165, 1.54) is 0 Å². The van der Waals surface area contributed by atoms with Crippen molar-refractivity contribution in [3.63, 3.8) is 0 Å². The number of aromatic nitrogens is 2. The monoisotopic (exact) mass is 319 g/mol. The molecular weight excluding hydrogens is 302 g/mol. The van der Waals surface area contributed by atoms with Crippen molar-refractivity contribution in [1.29, 1.82) is 0 Å². The largest absolute Gasteiger partial charge is 0.310 e. The van der Waals surface area contributed by atoms with Gasteiger partial charge in [-0.05, 0) is 26.5 Å². The highest BCUT2D eigenvalue weighted by molar-refractivity contribution is 9.10. The summed E-state index contributed by atoms with van der Waals surface area (Å²) in [5.41, 5.74) is 3.19. The van der Waals surface area contributed by atoms with Gasteiger partial charge in [-0.25, -0.2) is 9.97 Å². The lowest BCUT2D eigenvalue weighted by Crippen LogP contribution is -2.19. The van der Waals surface area contributed by atoms with Crippen LogP contribution in [0.25, 0.3) is 11.4 Å². The summed E-state index contributed by atoms with van der Waals surface area (Å²) in [6.07, 6.45) is 1.92. The molecule has 3 nitrogen and oxygen atoms in total. The fraction of sp³-hybridized carbons (Fsp3) is 0.333.